The number of hydrogen-bond donors (Lipinski definition) is 1. The Balaban J connectivity index is 1.45. The Hall–Kier alpha value is -2.71. The number of rotatable bonds is 8. The molecule has 6 nitrogen and oxygen atoms in total. The molecule has 0 unspecified atom stereocenters. The minimum absolute atomic E-state index is 0.173. The predicted octanol–water partition coefficient (Wildman–Crippen LogP) is 4.49. The third kappa shape index (κ3) is 5.95. The van der Waals surface area contributed by atoms with Gasteiger partial charge in [0.2, 0.25) is 5.91 Å². The van der Waals surface area contributed by atoms with Crippen LogP contribution in [0, 0.1) is 12.7 Å². The smallest absolute Gasteiger partial charge is 0.234 e. The van der Waals surface area contributed by atoms with Gasteiger partial charge in [0.05, 0.1) is 18.8 Å². The topological polar surface area (TPSA) is 63.1 Å². The van der Waals surface area contributed by atoms with E-state index in [9.17, 15) is 9.18 Å². The Morgan fingerprint density at radius 1 is 1.06 bits per heavy atom. The van der Waals surface area contributed by atoms with E-state index in [1.165, 1.54) is 37.1 Å². The van der Waals surface area contributed by atoms with Gasteiger partial charge in [-0.3, -0.25) is 9.69 Å². The van der Waals surface area contributed by atoms with Crippen molar-refractivity contribution in [2.45, 2.75) is 44.4 Å². The van der Waals surface area contributed by atoms with Crippen LogP contribution in [0.3, 0.4) is 0 Å². The van der Waals surface area contributed by atoms with Crippen LogP contribution in [0.2, 0.25) is 0 Å². The van der Waals surface area contributed by atoms with Crippen LogP contribution in [-0.2, 0) is 17.9 Å². The Kier molecular flexibility index (Phi) is 7.55. The molecule has 2 heterocycles. The molecular formula is C24H28FN5OS. The molecule has 32 heavy (non-hydrogen) atoms. The second-order valence-corrected chi connectivity index (χ2v) is 9.05. The summed E-state index contributed by atoms with van der Waals surface area (Å²) in [6.07, 6.45) is 3.72. The molecule has 8 heteroatoms. The van der Waals surface area contributed by atoms with Gasteiger partial charge in [0, 0.05) is 5.69 Å². The van der Waals surface area contributed by atoms with Crippen molar-refractivity contribution < 1.29 is 9.18 Å². The molecule has 2 aromatic carbocycles. The van der Waals surface area contributed by atoms with Gasteiger partial charge in [-0.05, 0) is 56.1 Å². The number of hydrogen-bond acceptors (Lipinski definition) is 5. The molecule has 1 fully saturated rings. The van der Waals surface area contributed by atoms with Crippen LogP contribution in [0.1, 0.15) is 36.2 Å². The third-order valence-corrected chi connectivity index (χ3v) is 6.55. The van der Waals surface area contributed by atoms with E-state index in [4.69, 9.17) is 0 Å². The zero-order valence-corrected chi connectivity index (χ0v) is 19.1. The number of carbonyl (C=O) groups is 1. The van der Waals surface area contributed by atoms with E-state index < -0.39 is 0 Å². The molecule has 0 radical (unpaired) electrons. The first-order valence-corrected chi connectivity index (χ1v) is 11.9. The van der Waals surface area contributed by atoms with Crippen molar-refractivity contribution in [2.24, 2.45) is 0 Å². The summed E-state index contributed by atoms with van der Waals surface area (Å²) in [4.78, 5) is 14.9. The van der Waals surface area contributed by atoms with Crippen molar-refractivity contribution in [3.8, 4) is 0 Å². The minimum Gasteiger partial charge on any atom is -0.325 e. The summed E-state index contributed by atoms with van der Waals surface area (Å²) in [7, 11) is 0. The molecule has 4 rings (SSSR count). The lowest BCUT2D eigenvalue weighted by molar-refractivity contribution is -0.113. The summed E-state index contributed by atoms with van der Waals surface area (Å²) in [6.45, 7) is 5.27. The lowest BCUT2D eigenvalue weighted by Gasteiger charge is -2.26. The summed E-state index contributed by atoms with van der Waals surface area (Å²) in [5.41, 5.74) is 2.16. The van der Waals surface area contributed by atoms with E-state index in [1.807, 2.05) is 18.2 Å². The molecule has 0 bridgehead atoms. The lowest BCUT2D eigenvalue weighted by Crippen LogP contribution is -2.30. The molecule has 168 valence electrons. The van der Waals surface area contributed by atoms with E-state index in [1.54, 1.807) is 19.1 Å². The van der Waals surface area contributed by atoms with Gasteiger partial charge in [-0.1, -0.05) is 54.6 Å². The van der Waals surface area contributed by atoms with E-state index >= 15 is 0 Å². The number of likely N-dealkylation sites (tertiary alicyclic amines) is 1. The number of nitrogens with one attached hydrogen (secondary N) is 1. The quantitative estimate of drug-likeness (QED) is 0.509. The average molecular weight is 454 g/mol. The fourth-order valence-electron chi connectivity index (χ4n) is 3.78. The summed E-state index contributed by atoms with van der Waals surface area (Å²) in [6, 6.07) is 14.9. The minimum atomic E-state index is -0.333. The fraction of sp³-hybridized carbons (Fsp3) is 0.375. The standard InChI is InChI=1S/C24H28FN5OS/c1-18-10-11-20(14-21(18)25)26-23(31)17-32-24-28-27-22(16-29-12-6-3-7-13-29)30(24)15-19-8-4-2-5-9-19/h2,4-5,8-11,14H,3,6-7,12-13,15-17H2,1H3,(H,26,31). The van der Waals surface area contributed by atoms with Crippen LogP contribution in [0.15, 0.2) is 53.7 Å². The molecule has 1 N–H and O–H groups in total. The van der Waals surface area contributed by atoms with Gasteiger partial charge in [0.25, 0.3) is 0 Å². The summed E-state index contributed by atoms with van der Waals surface area (Å²) in [5.74, 6) is 0.552. The van der Waals surface area contributed by atoms with Crippen molar-refractivity contribution in [3.63, 3.8) is 0 Å². The molecule has 1 aliphatic rings. The molecule has 1 saturated heterocycles. The van der Waals surface area contributed by atoms with Crippen LogP contribution < -0.4 is 5.32 Å². The highest BCUT2D eigenvalue weighted by Crippen LogP contribution is 2.22. The maximum absolute atomic E-state index is 13.8. The Morgan fingerprint density at radius 2 is 1.84 bits per heavy atom. The van der Waals surface area contributed by atoms with Gasteiger partial charge in [0.1, 0.15) is 11.6 Å². The SMILES string of the molecule is Cc1ccc(NC(=O)CSc2nnc(CN3CCCCC3)n2Cc2ccccc2)cc1F. The summed E-state index contributed by atoms with van der Waals surface area (Å²) < 4.78 is 15.9. The van der Waals surface area contributed by atoms with Gasteiger partial charge < -0.3 is 9.88 Å². The van der Waals surface area contributed by atoms with Crippen LogP contribution in [0.25, 0.3) is 0 Å². The molecular weight excluding hydrogens is 425 g/mol. The van der Waals surface area contributed by atoms with Crippen molar-refractivity contribution in [1.82, 2.24) is 19.7 Å². The molecule has 0 atom stereocenters. The van der Waals surface area contributed by atoms with Crippen LogP contribution >= 0.6 is 11.8 Å². The Morgan fingerprint density at radius 3 is 2.59 bits per heavy atom. The Bertz CT molecular complexity index is 1050. The number of amides is 1. The van der Waals surface area contributed by atoms with Crippen LogP contribution in [0.5, 0.6) is 0 Å². The van der Waals surface area contributed by atoms with Crippen LogP contribution in [0.4, 0.5) is 10.1 Å². The number of carbonyl (C=O) groups excluding carboxylic acids is 1. The van der Waals surface area contributed by atoms with Crippen molar-refractivity contribution in [3.05, 3.63) is 71.3 Å². The third-order valence-electron chi connectivity index (χ3n) is 5.58. The highest BCUT2D eigenvalue weighted by Gasteiger charge is 2.19. The number of aryl methyl sites for hydroxylation is 1. The van der Waals surface area contributed by atoms with E-state index in [0.717, 1.165) is 31.0 Å². The molecule has 0 aliphatic carbocycles. The van der Waals surface area contributed by atoms with Crippen LogP contribution in [-0.4, -0.2) is 44.4 Å². The molecule has 3 aromatic rings. The fourth-order valence-corrected chi connectivity index (χ4v) is 4.54. The highest BCUT2D eigenvalue weighted by atomic mass is 32.2. The zero-order chi connectivity index (χ0) is 22.3. The monoisotopic (exact) mass is 453 g/mol. The number of aromatic nitrogens is 3. The van der Waals surface area contributed by atoms with E-state index in [0.29, 0.717) is 23.0 Å². The second kappa shape index (κ2) is 10.7. The van der Waals surface area contributed by atoms with Crippen molar-refractivity contribution in [1.29, 1.82) is 0 Å². The second-order valence-electron chi connectivity index (χ2n) is 8.11. The summed E-state index contributed by atoms with van der Waals surface area (Å²) >= 11 is 1.35. The number of benzene rings is 2. The lowest BCUT2D eigenvalue weighted by atomic mass is 10.1. The number of nitrogens with zero attached hydrogens (tertiary/aromatic N) is 4. The molecule has 0 spiro atoms. The number of piperidine rings is 1. The Labute approximate surface area is 192 Å². The van der Waals surface area contributed by atoms with Gasteiger partial charge in [-0.25, -0.2) is 4.39 Å². The maximum atomic E-state index is 13.8. The maximum Gasteiger partial charge on any atom is 0.234 e. The average Bonchev–Trinajstić information content (AvgIpc) is 3.17. The number of thioether (sulfide) groups is 1. The van der Waals surface area contributed by atoms with Gasteiger partial charge >= 0.3 is 0 Å². The first-order valence-electron chi connectivity index (χ1n) is 11.0. The van der Waals surface area contributed by atoms with Gasteiger partial charge in [0.15, 0.2) is 5.16 Å². The first-order chi connectivity index (χ1) is 15.6. The number of halogens is 1. The van der Waals surface area contributed by atoms with E-state index in [-0.39, 0.29) is 17.5 Å². The largest absolute Gasteiger partial charge is 0.325 e. The molecule has 1 aliphatic heterocycles. The normalized spacial score (nSPS) is 14.4. The van der Waals surface area contributed by atoms with Crippen molar-refractivity contribution in [2.75, 3.05) is 24.2 Å². The van der Waals surface area contributed by atoms with Crippen molar-refractivity contribution >= 4 is 23.4 Å². The van der Waals surface area contributed by atoms with E-state index in [2.05, 4.69) is 37.1 Å². The zero-order valence-electron chi connectivity index (χ0n) is 18.3. The highest BCUT2D eigenvalue weighted by molar-refractivity contribution is 7.99. The molecule has 1 amide bonds. The number of anilines is 1. The summed E-state index contributed by atoms with van der Waals surface area (Å²) in [5, 5.41) is 12.3. The predicted molar refractivity (Wildman–Crippen MR) is 125 cm³/mol. The first kappa shape index (κ1) is 22.5. The van der Waals surface area contributed by atoms with Gasteiger partial charge in [-0.2, -0.15) is 0 Å². The van der Waals surface area contributed by atoms with Gasteiger partial charge in [-0.15, -0.1) is 10.2 Å². The molecule has 1 aromatic heterocycles. The molecule has 0 saturated carbocycles.